The monoisotopic (exact) mass is 348 g/mol. The van der Waals surface area contributed by atoms with Crippen LogP contribution in [0.2, 0.25) is 0 Å². The number of nitrogens with zero attached hydrogens (tertiary/aromatic N) is 2. The molecule has 2 aromatic carbocycles. The van der Waals surface area contributed by atoms with Gasteiger partial charge in [-0.15, -0.1) is 0 Å². The summed E-state index contributed by atoms with van der Waals surface area (Å²) in [4.78, 5) is 8.95. The van der Waals surface area contributed by atoms with Crippen molar-refractivity contribution in [3.63, 3.8) is 0 Å². The summed E-state index contributed by atoms with van der Waals surface area (Å²) >= 11 is 0. The van der Waals surface area contributed by atoms with E-state index in [0.29, 0.717) is 12.4 Å². The molecule has 134 valence electrons. The van der Waals surface area contributed by atoms with E-state index in [1.54, 1.807) is 0 Å². The molecule has 0 aliphatic carbocycles. The standard InChI is InChI=1S/C21H24N4O/c1-5-26-19-10-8-17(9-11-19)24-20-13-21(23-16(4)22-20)25-18-7-6-14(2)15(3)12-18/h6-13H,5H2,1-4H3,(H2,22,23,24,25). The molecule has 0 saturated carbocycles. The molecule has 0 fully saturated rings. The van der Waals surface area contributed by atoms with Gasteiger partial charge in [-0.2, -0.15) is 0 Å². The van der Waals surface area contributed by atoms with E-state index in [2.05, 4.69) is 52.6 Å². The van der Waals surface area contributed by atoms with E-state index in [4.69, 9.17) is 4.74 Å². The van der Waals surface area contributed by atoms with Crippen LogP contribution in [0.25, 0.3) is 0 Å². The first kappa shape index (κ1) is 17.7. The minimum absolute atomic E-state index is 0.658. The minimum Gasteiger partial charge on any atom is -0.494 e. The van der Waals surface area contributed by atoms with Crippen molar-refractivity contribution in [1.82, 2.24) is 9.97 Å². The Morgan fingerprint density at radius 1 is 0.769 bits per heavy atom. The summed E-state index contributed by atoms with van der Waals surface area (Å²) in [6.45, 7) is 8.72. The smallest absolute Gasteiger partial charge is 0.136 e. The Morgan fingerprint density at radius 2 is 1.38 bits per heavy atom. The number of benzene rings is 2. The van der Waals surface area contributed by atoms with Crippen LogP contribution in [0.4, 0.5) is 23.0 Å². The van der Waals surface area contributed by atoms with Crippen molar-refractivity contribution in [2.75, 3.05) is 17.2 Å². The number of rotatable bonds is 6. The van der Waals surface area contributed by atoms with Gasteiger partial charge in [0.1, 0.15) is 23.2 Å². The first-order chi connectivity index (χ1) is 12.5. The third-order valence-electron chi connectivity index (χ3n) is 4.05. The van der Waals surface area contributed by atoms with Gasteiger partial charge in [0.15, 0.2) is 0 Å². The summed E-state index contributed by atoms with van der Waals surface area (Å²) in [7, 11) is 0. The lowest BCUT2D eigenvalue weighted by atomic mass is 10.1. The van der Waals surface area contributed by atoms with Gasteiger partial charge in [-0.1, -0.05) is 6.07 Å². The third kappa shape index (κ3) is 4.51. The first-order valence-electron chi connectivity index (χ1n) is 8.73. The molecule has 0 bridgehead atoms. The minimum atomic E-state index is 0.658. The van der Waals surface area contributed by atoms with E-state index in [1.807, 2.05) is 44.2 Å². The Labute approximate surface area is 154 Å². The Bertz CT molecular complexity index is 891. The molecule has 0 unspecified atom stereocenters. The van der Waals surface area contributed by atoms with E-state index >= 15 is 0 Å². The van der Waals surface area contributed by atoms with Gasteiger partial charge in [0.2, 0.25) is 0 Å². The van der Waals surface area contributed by atoms with Gasteiger partial charge in [0, 0.05) is 17.4 Å². The van der Waals surface area contributed by atoms with Gasteiger partial charge in [0.25, 0.3) is 0 Å². The Kier molecular flexibility index (Phi) is 5.37. The fourth-order valence-electron chi connectivity index (χ4n) is 2.61. The fraction of sp³-hybridized carbons (Fsp3) is 0.238. The molecule has 1 aromatic heterocycles. The summed E-state index contributed by atoms with van der Waals surface area (Å²) < 4.78 is 5.47. The second-order valence-corrected chi connectivity index (χ2v) is 6.19. The number of anilines is 4. The molecule has 3 rings (SSSR count). The molecular weight excluding hydrogens is 324 g/mol. The van der Waals surface area contributed by atoms with Gasteiger partial charge in [-0.05, 0) is 75.2 Å². The largest absolute Gasteiger partial charge is 0.494 e. The van der Waals surface area contributed by atoms with Crippen LogP contribution in [0.5, 0.6) is 5.75 Å². The first-order valence-corrected chi connectivity index (χ1v) is 8.73. The van der Waals surface area contributed by atoms with Gasteiger partial charge in [0.05, 0.1) is 6.61 Å². The highest BCUT2D eigenvalue weighted by Crippen LogP contribution is 2.23. The average molecular weight is 348 g/mol. The molecule has 5 heteroatoms. The van der Waals surface area contributed by atoms with Crippen LogP contribution in [0.3, 0.4) is 0 Å². The third-order valence-corrected chi connectivity index (χ3v) is 4.05. The summed E-state index contributed by atoms with van der Waals surface area (Å²) in [5, 5.41) is 6.67. The number of nitrogens with one attached hydrogen (secondary N) is 2. The van der Waals surface area contributed by atoms with E-state index in [1.165, 1.54) is 11.1 Å². The highest BCUT2D eigenvalue weighted by molar-refractivity contribution is 5.64. The van der Waals surface area contributed by atoms with Crippen LogP contribution in [-0.4, -0.2) is 16.6 Å². The maximum Gasteiger partial charge on any atom is 0.136 e. The molecule has 26 heavy (non-hydrogen) atoms. The number of hydrogen-bond donors (Lipinski definition) is 2. The summed E-state index contributed by atoms with van der Waals surface area (Å²) in [6.07, 6.45) is 0. The molecule has 3 aromatic rings. The van der Waals surface area contributed by atoms with E-state index in [9.17, 15) is 0 Å². The topological polar surface area (TPSA) is 59.1 Å². The summed E-state index contributed by atoms with van der Waals surface area (Å²) in [5.74, 6) is 3.06. The quantitative estimate of drug-likeness (QED) is 0.634. The van der Waals surface area contributed by atoms with E-state index < -0.39 is 0 Å². The summed E-state index contributed by atoms with van der Waals surface area (Å²) in [6, 6.07) is 16.0. The highest BCUT2D eigenvalue weighted by Gasteiger charge is 2.05. The molecule has 0 amide bonds. The number of aryl methyl sites for hydroxylation is 3. The van der Waals surface area contributed by atoms with Crippen LogP contribution in [0.1, 0.15) is 23.9 Å². The summed E-state index contributed by atoms with van der Waals surface area (Å²) in [5.41, 5.74) is 4.47. The molecule has 5 nitrogen and oxygen atoms in total. The predicted octanol–water partition coefficient (Wildman–Crippen LogP) is 5.29. The normalized spacial score (nSPS) is 10.5. The number of hydrogen-bond acceptors (Lipinski definition) is 5. The Balaban J connectivity index is 1.77. The zero-order valence-electron chi connectivity index (χ0n) is 15.6. The van der Waals surface area contributed by atoms with E-state index in [-0.39, 0.29) is 0 Å². The zero-order chi connectivity index (χ0) is 18.5. The molecule has 0 saturated heterocycles. The van der Waals surface area contributed by atoms with Gasteiger partial charge >= 0.3 is 0 Å². The van der Waals surface area contributed by atoms with Crippen molar-refractivity contribution < 1.29 is 4.74 Å². The lowest BCUT2D eigenvalue weighted by Gasteiger charge is -2.12. The zero-order valence-corrected chi connectivity index (χ0v) is 15.6. The second kappa shape index (κ2) is 7.87. The van der Waals surface area contributed by atoms with Crippen molar-refractivity contribution in [3.8, 4) is 5.75 Å². The molecule has 0 aliphatic rings. The molecule has 2 N–H and O–H groups in total. The molecule has 1 heterocycles. The maximum absolute atomic E-state index is 5.47. The lowest BCUT2D eigenvalue weighted by Crippen LogP contribution is -2.02. The van der Waals surface area contributed by atoms with Crippen LogP contribution in [0, 0.1) is 20.8 Å². The molecule has 0 atom stereocenters. The van der Waals surface area contributed by atoms with Gasteiger partial charge in [-0.3, -0.25) is 0 Å². The average Bonchev–Trinajstić information content (AvgIpc) is 2.60. The van der Waals surface area contributed by atoms with Crippen LogP contribution in [-0.2, 0) is 0 Å². The molecule has 0 aliphatic heterocycles. The molecule has 0 radical (unpaired) electrons. The van der Waals surface area contributed by atoms with Crippen molar-refractivity contribution in [3.05, 3.63) is 65.5 Å². The number of ether oxygens (including phenoxy) is 1. The van der Waals surface area contributed by atoms with E-state index in [0.717, 1.165) is 28.8 Å². The van der Waals surface area contributed by atoms with Crippen LogP contribution in [0.15, 0.2) is 48.5 Å². The maximum atomic E-state index is 5.47. The van der Waals surface area contributed by atoms with Crippen molar-refractivity contribution in [2.24, 2.45) is 0 Å². The number of aromatic nitrogens is 2. The van der Waals surface area contributed by atoms with Gasteiger partial charge < -0.3 is 15.4 Å². The van der Waals surface area contributed by atoms with Crippen LogP contribution >= 0.6 is 0 Å². The second-order valence-electron chi connectivity index (χ2n) is 6.19. The van der Waals surface area contributed by atoms with Crippen molar-refractivity contribution in [1.29, 1.82) is 0 Å². The SMILES string of the molecule is CCOc1ccc(Nc2cc(Nc3ccc(C)c(C)c3)nc(C)n2)cc1. The Morgan fingerprint density at radius 3 is 2.00 bits per heavy atom. The fourth-order valence-corrected chi connectivity index (χ4v) is 2.61. The highest BCUT2D eigenvalue weighted by atomic mass is 16.5. The van der Waals surface area contributed by atoms with Crippen LogP contribution < -0.4 is 15.4 Å². The Hall–Kier alpha value is -3.08. The van der Waals surface area contributed by atoms with Gasteiger partial charge in [-0.25, -0.2) is 9.97 Å². The predicted molar refractivity (Wildman–Crippen MR) is 107 cm³/mol. The molecular formula is C21H24N4O. The lowest BCUT2D eigenvalue weighted by molar-refractivity contribution is 0.340. The van der Waals surface area contributed by atoms with Crippen molar-refractivity contribution in [2.45, 2.75) is 27.7 Å². The molecule has 0 spiro atoms. The van der Waals surface area contributed by atoms with Crippen molar-refractivity contribution >= 4 is 23.0 Å².